The fourth-order valence-electron chi connectivity index (χ4n) is 3.21. The Balaban J connectivity index is 1.88. The molecule has 1 N–H and O–H groups in total. The minimum absolute atomic E-state index is 0.170. The third-order valence-electron chi connectivity index (χ3n) is 4.82. The summed E-state index contributed by atoms with van der Waals surface area (Å²) in [5.41, 5.74) is 1.97. The van der Waals surface area contributed by atoms with Gasteiger partial charge in [0.1, 0.15) is 12.4 Å². The molecule has 160 valence electrons. The number of nitrogens with zero attached hydrogens (tertiary/aromatic N) is 2. The van der Waals surface area contributed by atoms with Crippen molar-refractivity contribution in [3.8, 4) is 17.0 Å². The van der Waals surface area contributed by atoms with Gasteiger partial charge >= 0.3 is 6.18 Å². The Morgan fingerprint density at radius 3 is 2.57 bits per heavy atom. The van der Waals surface area contributed by atoms with Crippen LogP contribution < -0.4 is 4.74 Å². The van der Waals surface area contributed by atoms with Gasteiger partial charge in [0.15, 0.2) is 0 Å². The maximum atomic E-state index is 13.5. The van der Waals surface area contributed by atoms with E-state index < -0.39 is 11.7 Å². The highest BCUT2D eigenvalue weighted by Crippen LogP contribution is 2.36. The molecular weight excluding hydrogens is 391 g/mol. The van der Waals surface area contributed by atoms with Crippen LogP contribution in [0, 0.1) is 0 Å². The SMILES string of the molecule is CCCCN(C)Cc1cn[nH]c1-c1cc(OCc2ccccc2)cc(C(F)(F)F)c1. The molecule has 3 aromatic rings. The first-order chi connectivity index (χ1) is 14.4. The molecule has 0 saturated carbocycles. The number of alkyl halides is 3. The van der Waals surface area contributed by atoms with E-state index in [1.165, 1.54) is 0 Å². The largest absolute Gasteiger partial charge is 0.489 e. The summed E-state index contributed by atoms with van der Waals surface area (Å²) in [6.45, 7) is 3.82. The molecule has 2 aromatic carbocycles. The number of ether oxygens (including phenoxy) is 1. The van der Waals surface area contributed by atoms with Gasteiger partial charge in [-0.1, -0.05) is 43.7 Å². The molecule has 1 heterocycles. The number of nitrogens with one attached hydrogen (secondary N) is 1. The molecule has 0 aliphatic rings. The first-order valence-corrected chi connectivity index (χ1v) is 9.97. The van der Waals surface area contributed by atoms with Gasteiger partial charge in [-0.25, -0.2) is 0 Å². The highest BCUT2D eigenvalue weighted by molar-refractivity contribution is 5.66. The van der Waals surface area contributed by atoms with Crippen molar-refractivity contribution in [1.29, 1.82) is 0 Å². The molecule has 0 fully saturated rings. The molecule has 3 rings (SSSR count). The Bertz CT molecular complexity index is 938. The van der Waals surface area contributed by atoms with Crippen LogP contribution in [0.25, 0.3) is 11.3 Å². The van der Waals surface area contributed by atoms with Crippen molar-refractivity contribution in [3.63, 3.8) is 0 Å². The van der Waals surface area contributed by atoms with Crippen LogP contribution in [0.2, 0.25) is 0 Å². The summed E-state index contributed by atoms with van der Waals surface area (Å²) in [6, 6.07) is 13.1. The number of halogens is 3. The maximum Gasteiger partial charge on any atom is 0.416 e. The Morgan fingerprint density at radius 2 is 1.87 bits per heavy atom. The van der Waals surface area contributed by atoms with Crippen molar-refractivity contribution in [3.05, 3.63) is 71.4 Å². The van der Waals surface area contributed by atoms with E-state index in [1.54, 1.807) is 12.3 Å². The Labute approximate surface area is 174 Å². The molecular formula is C23H26F3N3O. The zero-order valence-electron chi connectivity index (χ0n) is 17.2. The second-order valence-corrected chi connectivity index (χ2v) is 7.38. The summed E-state index contributed by atoms with van der Waals surface area (Å²) in [7, 11) is 1.99. The lowest BCUT2D eigenvalue weighted by molar-refractivity contribution is -0.137. The van der Waals surface area contributed by atoms with E-state index in [-0.39, 0.29) is 12.4 Å². The molecule has 0 bridgehead atoms. The lowest BCUT2D eigenvalue weighted by Crippen LogP contribution is -2.19. The van der Waals surface area contributed by atoms with Crippen LogP contribution in [0.1, 0.15) is 36.5 Å². The van der Waals surface area contributed by atoms with Crippen molar-refractivity contribution < 1.29 is 17.9 Å². The number of hydrogen-bond donors (Lipinski definition) is 1. The van der Waals surface area contributed by atoms with Crippen molar-refractivity contribution >= 4 is 0 Å². The number of rotatable bonds is 9. The second-order valence-electron chi connectivity index (χ2n) is 7.38. The number of aromatic amines is 1. The summed E-state index contributed by atoms with van der Waals surface area (Å²) in [6.07, 6.45) is -0.662. The van der Waals surface area contributed by atoms with Gasteiger partial charge in [0.2, 0.25) is 0 Å². The quantitative estimate of drug-likeness (QED) is 0.471. The first-order valence-electron chi connectivity index (χ1n) is 9.97. The predicted molar refractivity (Wildman–Crippen MR) is 111 cm³/mol. The van der Waals surface area contributed by atoms with Gasteiger partial charge in [-0.2, -0.15) is 18.3 Å². The molecule has 0 aliphatic heterocycles. The molecule has 0 saturated heterocycles. The van der Waals surface area contributed by atoms with Crippen molar-refractivity contribution in [2.24, 2.45) is 0 Å². The summed E-state index contributed by atoms with van der Waals surface area (Å²) in [5, 5.41) is 6.94. The molecule has 4 nitrogen and oxygen atoms in total. The van der Waals surface area contributed by atoms with Gasteiger partial charge in [0.25, 0.3) is 0 Å². The molecule has 0 radical (unpaired) electrons. The van der Waals surface area contributed by atoms with Gasteiger partial charge < -0.3 is 9.64 Å². The number of hydrogen-bond acceptors (Lipinski definition) is 3. The van der Waals surface area contributed by atoms with Crippen molar-refractivity contribution in [2.75, 3.05) is 13.6 Å². The monoisotopic (exact) mass is 417 g/mol. The smallest absolute Gasteiger partial charge is 0.416 e. The molecule has 0 unspecified atom stereocenters. The van der Waals surface area contributed by atoms with E-state index in [1.807, 2.05) is 37.4 Å². The van der Waals surface area contributed by atoms with Crippen LogP contribution in [0.3, 0.4) is 0 Å². The minimum Gasteiger partial charge on any atom is -0.489 e. The topological polar surface area (TPSA) is 41.2 Å². The highest BCUT2D eigenvalue weighted by atomic mass is 19.4. The second kappa shape index (κ2) is 9.80. The average molecular weight is 417 g/mol. The summed E-state index contributed by atoms with van der Waals surface area (Å²) in [5.74, 6) is 0.170. The van der Waals surface area contributed by atoms with Gasteiger partial charge in [0.05, 0.1) is 17.5 Å². The fraction of sp³-hybridized carbons (Fsp3) is 0.348. The number of unbranched alkanes of at least 4 members (excludes halogenated alkanes) is 1. The van der Waals surface area contributed by atoms with Crippen LogP contribution in [0.15, 0.2) is 54.7 Å². The zero-order valence-corrected chi connectivity index (χ0v) is 17.2. The average Bonchev–Trinajstić information content (AvgIpc) is 3.18. The van der Waals surface area contributed by atoms with E-state index in [9.17, 15) is 13.2 Å². The van der Waals surface area contributed by atoms with Gasteiger partial charge in [-0.05, 0) is 43.8 Å². The maximum absolute atomic E-state index is 13.5. The van der Waals surface area contributed by atoms with E-state index in [4.69, 9.17) is 4.74 Å². The first kappa shape index (κ1) is 21.9. The molecule has 1 aromatic heterocycles. The fourth-order valence-corrected chi connectivity index (χ4v) is 3.21. The summed E-state index contributed by atoms with van der Waals surface area (Å²) in [4.78, 5) is 2.14. The number of H-pyrrole nitrogens is 1. The molecule has 7 heteroatoms. The Hall–Kier alpha value is -2.80. The Kier molecular flexibility index (Phi) is 7.15. The third-order valence-corrected chi connectivity index (χ3v) is 4.82. The zero-order chi connectivity index (χ0) is 21.6. The van der Waals surface area contributed by atoms with Gasteiger partial charge in [0, 0.05) is 17.7 Å². The molecule has 30 heavy (non-hydrogen) atoms. The molecule has 0 atom stereocenters. The Morgan fingerprint density at radius 1 is 1.10 bits per heavy atom. The number of aromatic nitrogens is 2. The molecule has 0 aliphatic carbocycles. The van der Waals surface area contributed by atoms with Crippen molar-refractivity contribution in [2.45, 2.75) is 39.1 Å². The van der Waals surface area contributed by atoms with Crippen LogP contribution >= 0.6 is 0 Å². The predicted octanol–water partition coefficient (Wildman–Crippen LogP) is 5.91. The molecule has 0 spiro atoms. The van der Waals surface area contributed by atoms with E-state index >= 15 is 0 Å². The normalized spacial score (nSPS) is 11.8. The van der Waals surface area contributed by atoms with Crippen LogP contribution in [0.4, 0.5) is 13.2 Å². The van der Waals surface area contributed by atoms with Gasteiger partial charge in [-0.15, -0.1) is 0 Å². The van der Waals surface area contributed by atoms with E-state index in [0.29, 0.717) is 17.8 Å². The van der Waals surface area contributed by atoms with Crippen LogP contribution in [-0.4, -0.2) is 28.7 Å². The standard InChI is InChI=1S/C23H26F3N3O/c1-3-4-10-29(2)15-19-14-27-28-22(19)18-11-20(23(24,25)26)13-21(12-18)30-16-17-8-6-5-7-9-17/h5-9,11-14H,3-4,10,15-16H2,1-2H3,(H,27,28). The van der Waals surface area contributed by atoms with Gasteiger partial charge in [-0.3, -0.25) is 5.10 Å². The van der Waals surface area contributed by atoms with Crippen LogP contribution in [-0.2, 0) is 19.3 Å². The van der Waals surface area contributed by atoms with Crippen molar-refractivity contribution in [1.82, 2.24) is 15.1 Å². The number of benzene rings is 2. The highest BCUT2D eigenvalue weighted by Gasteiger charge is 2.32. The summed E-state index contributed by atoms with van der Waals surface area (Å²) >= 11 is 0. The minimum atomic E-state index is -4.47. The molecule has 0 amide bonds. The van der Waals surface area contributed by atoms with Crippen LogP contribution in [0.5, 0.6) is 5.75 Å². The third kappa shape index (κ3) is 5.86. The van der Waals surface area contributed by atoms with E-state index in [2.05, 4.69) is 22.0 Å². The van der Waals surface area contributed by atoms with E-state index in [0.717, 1.165) is 42.6 Å². The lowest BCUT2D eigenvalue weighted by atomic mass is 10.0. The lowest BCUT2D eigenvalue weighted by Gasteiger charge is -2.17. The summed E-state index contributed by atoms with van der Waals surface area (Å²) < 4.78 is 46.2.